The Bertz CT molecular complexity index is 632. The maximum Gasteiger partial charge on any atom is 0.128 e. The van der Waals surface area contributed by atoms with Gasteiger partial charge in [0.1, 0.15) is 24.0 Å². The van der Waals surface area contributed by atoms with E-state index in [2.05, 4.69) is 15.9 Å². The minimum atomic E-state index is -0.446. The first-order chi connectivity index (χ1) is 9.08. The first-order valence-electron chi connectivity index (χ1n) is 5.36. The van der Waals surface area contributed by atoms with Gasteiger partial charge in [0.15, 0.2) is 0 Å². The Kier molecular flexibility index (Phi) is 4.13. The van der Waals surface area contributed by atoms with E-state index in [4.69, 9.17) is 10.00 Å². The highest BCUT2D eigenvalue weighted by Gasteiger charge is 2.06. The molecule has 0 amide bonds. The highest BCUT2D eigenvalue weighted by Crippen LogP contribution is 2.22. The summed E-state index contributed by atoms with van der Waals surface area (Å²) in [6.45, 7) is -0.00343. The van der Waals surface area contributed by atoms with E-state index in [0.717, 1.165) is 0 Å². The largest absolute Gasteiger partial charge is 0.489 e. The van der Waals surface area contributed by atoms with Crippen LogP contribution in [0.1, 0.15) is 11.1 Å². The average Bonchev–Trinajstić information content (AvgIpc) is 2.35. The minimum Gasteiger partial charge on any atom is -0.489 e. The number of nitriles is 1. The van der Waals surface area contributed by atoms with Crippen molar-refractivity contribution in [3.05, 3.63) is 63.6 Å². The molecule has 0 saturated heterocycles. The van der Waals surface area contributed by atoms with Gasteiger partial charge in [-0.25, -0.2) is 8.78 Å². The molecule has 0 radical (unpaired) electrons. The molecule has 2 aromatic rings. The van der Waals surface area contributed by atoms with Gasteiger partial charge in [-0.1, -0.05) is 15.9 Å². The van der Waals surface area contributed by atoms with Gasteiger partial charge >= 0.3 is 0 Å². The third-order valence-corrected chi connectivity index (χ3v) is 2.88. The van der Waals surface area contributed by atoms with Crippen molar-refractivity contribution in [1.82, 2.24) is 0 Å². The minimum absolute atomic E-state index is 0.00343. The van der Waals surface area contributed by atoms with Crippen molar-refractivity contribution in [2.45, 2.75) is 6.61 Å². The lowest BCUT2D eigenvalue weighted by atomic mass is 10.1. The second kappa shape index (κ2) is 5.81. The van der Waals surface area contributed by atoms with Crippen molar-refractivity contribution < 1.29 is 13.5 Å². The molecule has 5 heteroatoms. The summed E-state index contributed by atoms with van der Waals surface area (Å²) in [4.78, 5) is 0. The standard InChI is InChI=1S/C14H8BrF2NO/c15-11-4-13(17)6-14(5-11)19-8-10-3-12(16)2-1-9(10)7-18/h1-6H,8H2. The smallest absolute Gasteiger partial charge is 0.128 e. The molecule has 0 fully saturated rings. The van der Waals surface area contributed by atoms with E-state index in [1.807, 2.05) is 6.07 Å². The molecule has 0 aromatic heterocycles. The SMILES string of the molecule is N#Cc1ccc(F)cc1COc1cc(F)cc(Br)c1. The van der Waals surface area contributed by atoms with E-state index < -0.39 is 11.6 Å². The summed E-state index contributed by atoms with van der Waals surface area (Å²) in [5.74, 6) is -0.581. The molecule has 0 heterocycles. The number of halogens is 3. The van der Waals surface area contributed by atoms with Gasteiger partial charge in [0.2, 0.25) is 0 Å². The Morgan fingerprint density at radius 2 is 1.89 bits per heavy atom. The monoisotopic (exact) mass is 323 g/mol. The Balaban J connectivity index is 2.19. The molecule has 0 spiro atoms. The van der Waals surface area contributed by atoms with Crippen LogP contribution in [0.3, 0.4) is 0 Å². The maximum atomic E-state index is 13.1. The zero-order chi connectivity index (χ0) is 13.8. The summed E-state index contributed by atoms with van der Waals surface area (Å²) in [5.41, 5.74) is 0.750. The zero-order valence-corrected chi connectivity index (χ0v) is 11.2. The second-order valence-electron chi connectivity index (χ2n) is 3.81. The molecule has 0 aliphatic heterocycles. The van der Waals surface area contributed by atoms with Crippen LogP contribution >= 0.6 is 15.9 Å². The predicted molar refractivity (Wildman–Crippen MR) is 69.5 cm³/mol. The van der Waals surface area contributed by atoms with Gasteiger partial charge in [-0.2, -0.15) is 5.26 Å². The number of benzene rings is 2. The summed E-state index contributed by atoms with van der Waals surface area (Å²) < 4.78 is 32.2. The summed E-state index contributed by atoms with van der Waals surface area (Å²) in [6.07, 6.45) is 0. The van der Waals surface area contributed by atoms with Crippen LogP contribution in [0.4, 0.5) is 8.78 Å². The molecule has 2 rings (SSSR count). The van der Waals surface area contributed by atoms with Gasteiger partial charge in [-0.05, 0) is 30.3 Å². The predicted octanol–water partition coefficient (Wildman–Crippen LogP) is 4.18. The van der Waals surface area contributed by atoms with Crippen molar-refractivity contribution in [3.63, 3.8) is 0 Å². The molecule has 0 N–H and O–H groups in total. The van der Waals surface area contributed by atoms with Crippen LogP contribution in [-0.4, -0.2) is 0 Å². The number of rotatable bonds is 3. The third-order valence-electron chi connectivity index (χ3n) is 2.42. The first-order valence-corrected chi connectivity index (χ1v) is 6.15. The maximum absolute atomic E-state index is 13.1. The molecule has 2 nitrogen and oxygen atoms in total. The van der Waals surface area contributed by atoms with Crippen molar-refractivity contribution in [1.29, 1.82) is 5.26 Å². The Morgan fingerprint density at radius 3 is 2.58 bits per heavy atom. The summed E-state index contributed by atoms with van der Waals surface area (Å²) >= 11 is 3.15. The highest BCUT2D eigenvalue weighted by atomic mass is 79.9. The van der Waals surface area contributed by atoms with Crippen molar-refractivity contribution in [2.24, 2.45) is 0 Å². The molecule has 2 aromatic carbocycles. The van der Waals surface area contributed by atoms with Gasteiger partial charge < -0.3 is 4.74 Å². The molecule has 0 atom stereocenters. The van der Waals surface area contributed by atoms with Gasteiger partial charge in [-0.15, -0.1) is 0 Å². The quantitative estimate of drug-likeness (QED) is 0.849. The van der Waals surface area contributed by atoms with Gasteiger partial charge in [0.25, 0.3) is 0 Å². The fraction of sp³-hybridized carbons (Fsp3) is 0.0714. The van der Waals surface area contributed by atoms with Gasteiger partial charge in [0, 0.05) is 16.1 Å². The van der Waals surface area contributed by atoms with Crippen LogP contribution < -0.4 is 4.74 Å². The van der Waals surface area contributed by atoms with Crippen LogP contribution in [0.5, 0.6) is 5.75 Å². The number of ether oxygens (including phenoxy) is 1. The number of hydrogen-bond donors (Lipinski definition) is 0. The summed E-state index contributed by atoms with van der Waals surface area (Å²) in [7, 11) is 0. The highest BCUT2D eigenvalue weighted by molar-refractivity contribution is 9.10. The Hall–Kier alpha value is -1.93. The summed E-state index contributed by atoms with van der Waals surface area (Å²) in [6, 6.07) is 9.89. The fourth-order valence-electron chi connectivity index (χ4n) is 1.56. The molecule has 96 valence electrons. The molecule has 19 heavy (non-hydrogen) atoms. The van der Waals surface area contributed by atoms with E-state index in [1.54, 1.807) is 6.07 Å². The Morgan fingerprint density at radius 1 is 1.11 bits per heavy atom. The fourth-order valence-corrected chi connectivity index (χ4v) is 2.01. The lowest BCUT2D eigenvalue weighted by Gasteiger charge is -2.08. The lowest BCUT2D eigenvalue weighted by molar-refractivity contribution is 0.303. The third kappa shape index (κ3) is 3.52. The van der Waals surface area contributed by atoms with Crippen molar-refractivity contribution in [2.75, 3.05) is 0 Å². The van der Waals surface area contributed by atoms with Gasteiger partial charge in [-0.3, -0.25) is 0 Å². The van der Waals surface area contributed by atoms with Crippen LogP contribution in [0, 0.1) is 23.0 Å². The number of hydrogen-bond acceptors (Lipinski definition) is 2. The molecule has 0 bridgehead atoms. The lowest BCUT2D eigenvalue weighted by Crippen LogP contribution is -1.99. The average molecular weight is 324 g/mol. The topological polar surface area (TPSA) is 33.0 Å². The normalized spacial score (nSPS) is 10.0. The molecule has 0 unspecified atom stereocenters. The zero-order valence-electron chi connectivity index (χ0n) is 9.66. The van der Waals surface area contributed by atoms with Crippen LogP contribution in [0.25, 0.3) is 0 Å². The molecule has 0 saturated carbocycles. The van der Waals surface area contributed by atoms with Crippen LogP contribution in [0.2, 0.25) is 0 Å². The number of nitrogens with zero attached hydrogens (tertiary/aromatic N) is 1. The first kappa shape index (κ1) is 13.5. The summed E-state index contributed by atoms with van der Waals surface area (Å²) in [5, 5.41) is 8.90. The van der Waals surface area contributed by atoms with E-state index >= 15 is 0 Å². The van der Waals surface area contributed by atoms with E-state index in [9.17, 15) is 8.78 Å². The van der Waals surface area contributed by atoms with Crippen LogP contribution in [0.15, 0.2) is 40.9 Å². The molecular weight excluding hydrogens is 316 g/mol. The molecular formula is C14H8BrF2NO. The van der Waals surface area contributed by atoms with Crippen molar-refractivity contribution >= 4 is 15.9 Å². The Labute approximate surface area is 117 Å². The molecule has 0 aliphatic rings. The van der Waals surface area contributed by atoms with E-state index in [-0.39, 0.29) is 6.61 Å². The second-order valence-corrected chi connectivity index (χ2v) is 4.72. The molecule has 0 aliphatic carbocycles. The van der Waals surface area contributed by atoms with Crippen molar-refractivity contribution in [3.8, 4) is 11.8 Å². The van der Waals surface area contributed by atoms with E-state index in [0.29, 0.717) is 21.3 Å². The van der Waals surface area contributed by atoms with Crippen LogP contribution in [-0.2, 0) is 6.61 Å². The van der Waals surface area contributed by atoms with E-state index in [1.165, 1.54) is 30.3 Å². The van der Waals surface area contributed by atoms with Gasteiger partial charge in [0.05, 0.1) is 11.6 Å².